The zero-order chi connectivity index (χ0) is 4.28. The van der Waals surface area contributed by atoms with Crippen LogP contribution in [0.15, 0.2) is 0 Å². The molecule has 0 rings (SSSR count). The van der Waals surface area contributed by atoms with Crippen LogP contribution in [0.2, 0.25) is 5.28 Å². The topological polar surface area (TPSA) is 0 Å². The van der Waals surface area contributed by atoms with E-state index in [-0.39, 0.29) is 24.8 Å². The van der Waals surface area contributed by atoms with Gasteiger partial charge in [0.1, 0.15) is 0 Å². The van der Waals surface area contributed by atoms with Crippen LogP contribution in [-0.4, -0.2) is 16.3 Å². The smallest absolute Gasteiger partial charge is 0.147 e. The quantitative estimate of drug-likeness (QED) is 0.509. The Labute approximate surface area is 66.3 Å². The fraction of sp³-hybridized carbons (Fsp3) is 1.00. The van der Waals surface area contributed by atoms with Crippen molar-refractivity contribution in [3.8, 4) is 0 Å². The largest absolute Gasteiger partial charge is 0.212 e. The van der Waals surface area contributed by atoms with E-state index in [2.05, 4.69) is 13.8 Å². The van der Waals surface area contributed by atoms with Crippen molar-refractivity contribution in [3.63, 3.8) is 0 Å². The highest BCUT2D eigenvalue weighted by Gasteiger charge is 1.80. The number of hydrogen-bond donors (Lipinski definition) is 0. The van der Waals surface area contributed by atoms with Crippen molar-refractivity contribution in [2.75, 3.05) is 0 Å². The Morgan fingerprint density at radius 3 is 1.43 bits per heavy atom. The molecule has 0 spiro atoms. The second kappa shape index (κ2) is 10.2. The van der Waals surface area contributed by atoms with Crippen molar-refractivity contribution in [3.05, 3.63) is 0 Å². The van der Waals surface area contributed by atoms with Crippen LogP contribution in [-0.2, 0) is 0 Å². The van der Waals surface area contributed by atoms with E-state index in [0.717, 1.165) is 5.92 Å². The fourth-order valence-corrected chi connectivity index (χ4v) is 0. The van der Waals surface area contributed by atoms with E-state index in [1.165, 1.54) is 21.6 Å². The summed E-state index contributed by atoms with van der Waals surface area (Å²) in [4.78, 5) is 0. The van der Waals surface area contributed by atoms with Gasteiger partial charge in [0.15, 0.2) is 0 Å². The third-order valence-electron chi connectivity index (χ3n) is 0.816. The monoisotopic (exact) mass is 158 g/mol. The van der Waals surface area contributed by atoms with Crippen LogP contribution in [0.1, 0.15) is 13.8 Å². The van der Waals surface area contributed by atoms with E-state index in [1.807, 2.05) is 0 Å². The van der Waals surface area contributed by atoms with Gasteiger partial charge in [-0.25, -0.2) is 0 Å². The first-order valence-electron chi connectivity index (χ1n) is 2.27. The zero-order valence-electron chi connectivity index (χ0n) is 5.10. The predicted octanol–water partition coefficient (Wildman–Crippen LogP) is 1.54. The molecule has 0 radical (unpaired) electrons. The van der Waals surface area contributed by atoms with Crippen LogP contribution in [0.25, 0.3) is 0 Å². The molecule has 0 aromatic carbocycles. The molecule has 0 bridgehead atoms. The standard InChI is InChI=1S/C4H9.Al.2ClH.2H/c1-4(2)3;;;;;/h4H,1H2,2-3H3;;2*1H;;. The van der Waals surface area contributed by atoms with Crippen molar-refractivity contribution < 1.29 is 0 Å². The normalized spacial score (nSPS) is 6.71. The summed E-state index contributed by atoms with van der Waals surface area (Å²) in [6, 6.07) is 0. The molecule has 0 aliphatic carbocycles. The van der Waals surface area contributed by atoms with Gasteiger partial charge in [-0.2, -0.15) is 0 Å². The fourth-order valence-electron chi connectivity index (χ4n) is 0. The minimum atomic E-state index is 0. The van der Waals surface area contributed by atoms with Crippen molar-refractivity contribution in [2.45, 2.75) is 19.1 Å². The molecule has 0 heterocycles. The van der Waals surface area contributed by atoms with Crippen LogP contribution in [0.3, 0.4) is 0 Å². The lowest BCUT2D eigenvalue weighted by Gasteiger charge is -1.90. The number of halogens is 2. The Morgan fingerprint density at radius 1 is 1.29 bits per heavy atom. The summed E-state index contributed by atoms with van der Waals surface area (Å²) in [7, 11) is 0. The zero-order valence-corrected chi connectivity index (χ0v) is 8.73. The first-order chi connectivity index (χ1) is 2.27. The molecule has 0 saturated heterocycles. The van der Waals surface area contributed by atoms with Gasteiger partial charge in [0.25, 0.3) is 0 Å². The summed E-state index contributed by atoms with van der Waals surface area (Å²) >= 11 is 1.37. The molecule has 0 nitrogen and oxygen atoms in total. The lowest BCUT2D eigenvalue weighted by Crippen LogP contribution is -1.80. The second-order valence-electron chi connectivity index (χ2n) is 1.80. The third-order valence-corrected chi connectivity index (χ3v) is 2.45. The molecule has 0 aromatic heterocycles. The van der Waals surface area contributed by atoms with Gasteiger partial charge in [-0.3, -0.25) is 0 Å². The molecule has 0 saturated carbocycles. The van der Waals surface area contributed by atoms with E-state index in [9.17, 15) is 0 Å². The SMILES string of the molecule is CC(C)[CH2][AlH2].Cl.Cl. The van der Waals surface area contributed by atoms with Gasteiger partial charge in [0.2, 0.25) is 16.3 Å². The molecule has 0 aromatic rings. The molecule has 0 aliphatic rings. The summed E-state index contributed by atoms with van der Waals surface area (Å²) in [6.45, 7) is 4.51. The molecule has 0 amide bonds. The van der Waals surface area contributed by atoms with E-state index < -0.39 is 0 Å². The molecule has 0 fully saturated rings. The molecule has 0 atom stereocenters. The molecule has 0 aliphatic heterocycles. The van der Waals surface area contributed by atoms with E-state index in [4.69, 9.17) is 0 Å². The summed E-state index contributed by atoms with van der Waals surface area (Å²) in [5.41, 5.74) is 0. The van der Waals surface area contributed by atoms with E-state index >= 15 is 0 Å². The van der Waals surface area contributed by atoms with Gasteiger partial charge in [-0.15, -0.1) is 24.8 Å². The van der Waals surface area contributed by atoms with E-state index in [1.54, 1.807) is 0 Å². The summed E-state index contributed by atoms with van der Waals surface area (Å²) in [5, 5.41) is 1.44. The molecular weight excluding hydrogens is 146 g/mol. The maximum Gasteiger partial charge on any atom is 0.212 e. The van der Waals surface area contributed by atoms with Crippen LogP contribution in [0.5, 0.6) is 0 Å². The van der Waals surface area contributed by atoms with Crippen molar-refractivity contribution in [2.24, 2.45) is 5.92 Å². The maximum absolute atomic E-state index is 2.26. The average Bonchev–Trinajstić information content (AvgIpc) is 1.38. The molecule has 7 heavy (non-hydrogen) atoms. The minimum absolute atomic E-state index is 0. The first kappa shape index (κ1) is 15.7. The lowest BCUT2D eigenvalue weighted by atomic mass is 10.3. The Balaban J connectivity index is -0.0000000800. The van der Waals surface area contributed by atoms with Crippen molar-refractivity contribution in [1.29, 1.82) is 0 Å². The second-order valence-corrected chi connectivity index (χ2v) is 2.62. The molecule has 3 heteroatoms. The number of rotatable bonds is 1. The molecule has 0 unspecified atom stereocenters. The maximum atomic E-state index is 2.26. The average molecular weight is 159 g/mol. The highest BCUT2D eigenvalue weighted by molar-refractivity contribution is 6.08. The molecule has 46 valence electrons. The Kier molecular flexibility index (Phi) is 22.8. The van der Waals surface area contributed by atoms with Gasteiger partial charge in [0, 0.05) is 0 Å². The summed E-state index contributed by atoms with van der Waals surface area (Å²) in [5.74, 6) is 0.946. The van der Waals surface area contributed by atoms with Gasteiger partial charge in [-0.1, -0.05) is 25.0 Å². The highest BCUT2D eigenvalue weighted by atomic mass is 35.5. The van der Waals surface area contributed by atoms with Crippen LogP contribution in [0.4, 0.5) is 0 Å². The molecule has 0 N–H and O–H groups in total. The number of hydrogen-bond acceptors (Lipinski definition) is 0. The Bertz CT molecular complexity index is 23.7. The van der Waals surface area contributed by atoms with Crippen molar-refractivity contribution in [1.82, 2.24) is 0 Å². The van der Waals surface area contributed by atoms with Crippen LogP contribution < -0.4 is 0 Å². The van der Waals surface area contributed by atoms with Crippen LogP contribution >= 0.6 is 24.8 Å². The summed E-state index contributed by atoms with van der Waals surface area (Å²) in [6.07, 6.45) is 0. The first-order valence-corrected chi connectivity index (χ1v) is 3.68. The van der Waals surface area contributed by atoms with Gasteiger partial charge < -0.3 is 0 Å². The van der Waals surface area contributed by atoms with Crippen LogP contribution in [0, 0.1) is 5.92 Å². The Morgan fingerprint density at radius 2 is 1.43 bits per heavy atom. The lowest BCUT2D eigenvalue weighted by molar-refractivity contribution is 0.735. The highest BCUT2D eigenvalue weighted by Crippen LogP contribution is 1.92. The van der Waals surface area contributed by atoms with Crippen molar-refractivity contribution >= 4 is 41.1 Å². The minimum Gasteiger partial charge on any atom is -0.147 e. The van der Waals surface area contributed by atoms with Gasteiger partial charge in [0.05, 0.1) is 0 Å². The predicted molar refractivity (Wildman–Crippen MR) is 42.7 cm³/mol. The third kappa shape index (κ3) is 19.2. The molecular formula is C4H13AlCl2. The summed E-state index contributed by atoms with van der Waals surface area (Å²) < 4.78 is 0. The van der Waals surface area contributed by atoms with Gasteiger partial charge in [-0.05, 0) is 0 Å². The Hall–Kier alpha value is 1.11. The van der Waals surface area contributed by atoms with Gasteiger partial charge >= 0.3 is 0 Å². The van der Waals surface area contributed by atoms with E-state index in [0.29, 0.717) is 0 Å².